The van der Waals surface area contributed by atoms with Crippen LogP contribution in [-0.2, 0) is 6.54 Å². The highest BCUT2D eigenvalue weighted by molar-refractivity contribution is 5.58. The number of nitrogens with one attached hydrogen (secondary N) is 2. The van der Waals surface area contributed by atoms with Crippen molar-refractivity contribution < 1.29 is 8.78 Å². The molecule has 17 heavy (non-hydrogen) atoms. The Labute approximate surface area is 97.9 Å². The Balaban J connectivity index is 2.21. The van der Waals surface area contributed by atoms with E-state index in [9.17, 15) is 8.78 Å². The molecule has 0 unspecified atom stereocenters. The number of nitrogens with zero attached hydrogens (tertiary/aromatic N) is 1. The number of benzene rings is 1. The van der Waals surface area contributed by atoms with Crippen molar-refractivity contribution in [3.05, 3.63) is 41.9 Å². The van der Waals surface area contributed by atoms with E-state index in [1.807, 2.05) is 6.92 Å². The van der Waals surface area contributed by atoms with Crippen LogP contribution in [0.5, 0.6) is 0 Å². The molecular formula is C12H13F2N3. The molecule has 0 amide bonds. The van der Waals surface area contributed by atoms with Crippen LogP contribution in [0.2, 0.25) is 0 Å². The van der Waals surface area contributed by atoms with E-state index in [2.05, 4.69) is 15.3 Å². The molecule has 2 N–H and O–H groups in total. The van der Waals surface area contributed by atoms with Gasteiger partial charge in [0, 0.05) is 5.56 Å². The fourth-order valence-electron chi connectivity index (χ4n) is 1.51. The Morgan fingerprint density at radius 3 is 2.82 bits per heavy atom. The molecule has 1 aromatic heterocycles. The summed E-state index contributed by atoms with van der Waals surface area (Å²) in [5, 5.41) is 3.12. The predicted octanol–water partition coefficient (Wildman–Crippen LogP) is 2.46. The molecule has 0 saturated carbocycles. The van der Waals surface area contributed by atoms with Gasteiger partial charge in [-0.15, -0.1) is 0 Å². The zero-order valence-corrected chi connectivity index (χ0v) is 9.43. The number of aromatic nitrogens is 2. The Morgan fingerprint density at radius 1 is 1.29 bits per heavy atom. The van der Waals surface area contributed by atoms with Crippen molar-refractivity contribution in [3.8, 4) is 11.3 Å². The van der Waals surface area contributed by atoms with E-state index in [0.29, 0.717) is 17.8 Å². The van der Waals surface area contributed by atoms with Crippen molar-refractivity contribution in [1.29, 1.82) is 0 Å². The normalized spacial score (nSPS) is 10.8. The maximum atomic E-state index is 13.1. The first-order valence-electron chi connectivity index (χ1n) is 5.40. The van der Waals surface area contributed by atoms with Crippen LogP contribution >= 0.6 is 0 Å². The standard InChI is InChI=1S/C12H13F2N3/c1-2-15-7-12-16-6-11(17-12)8-3-4-9(13)10(14)5-8/h3-6,15H,2,7H2,1H3,(H,16,17). The maximum absolute atomic E-state index is 13.1. The third-order valence-electron chi connectivity index (χ3n) is 2.40. The van der Waals surface area contributed by atoms with E-state index in [1.165, 1.54) is 6.07 Å². The van der Waals surface area contributed by atoms with Crippen molar-refractivity contribution in [1.82, 2.24) is 15.3 Å². The molecule has 0 aliphatic carbocycles. The number of aromatic amines is 1. The molecule has 0 atom stereocenters. The zero-order chi connectivity index (χ0) is 12.3. The fraction of sp³-hybridized carbons (Fsp3) is 0.250. The van der Waals surface area contributed by atoms with E-state index in [4.69, 9.17) is 0 Å². The van der Waals surface area contributed by atoms with E-state index >= 15 is 0 Å². The van der Waals surface area contributed by atoms with Gasteiger partial charge < -0.3 is 10.3 Å². The van der Waals surface area contributed by atoms with Gasteiger partial charge >= 0.3 is 0 Å². The third-order valence-corrected chi connectivity index (χ3v) is 2.40. The molecule has 0 aliphatic heterocycles. The summed E-state index contributed by atoms with van der Waals surface area (Å²) in [5.74, 6) is -0.932. The van der Waals surface area contributed by atoms with Crippen LogP contribution in [0, 0.1) is 11.6 Å². The third kappa shape index (κ3) is 2.68. The number of rotatable bonds is 4. The number of H-pyrrole nitrogens is 1. The van der Waals surface area contributed by atoms with Crippen LogP contribution in [0.4, 0.5) is 8.78 Å². The Kier molecular flexibility index (Phi) is 3.49. The molecule has 5 heteroatoms. The van der Waals surface area contributed by atoms with Crippen LogP contribution in [0.25, 0.3) is 11.3 Å². The minimum atomic E-state index is -0.856. The molecule has 2 rings (SSSR count). The second kappa shape index (κ2) is 5.05. The second-order valence-electron chi connectivity index (χ2n) is 3.65. The van der Waals surface area contributed by atoms with Gasteiger partial charge in [-0.3, -0.25) is 0 Å². The van der Waals surface area contributed by atoms with Crippen molar-refractivity contribution in [2.45, 2.75) is 13.5 Å². The van der Waals surface area contributed by atoms with E-state index in [-0.39, 0.29) is 0 Å². The fourth-order valence-corrected chi connectivity index (χ4v) is 1.51. The summed E-state index contributed by atoms with van der Waals surface area (Å²) in [6.07, 6.45) is 1.61. The molecule has 0 bridgehead atoms. The van der Waals surface area contributed by atoms with Gasteiger partial charge in [-0.2, -0.15) is 0 Å². The summed E-state index contributed by atoms with van der Waals surface area (Å²) in [6.45, 7) is 3.47. The predicted molar refractivity (Wildman–Crippen MR) is 61.3 cm³/mol. The summed E-state index contributed by atoms with van der Waals surface area (Å²) in [5.41, 5.74) is 1.26. The van der Waals surface area contributed by atoms with Gasteiger partial charge in [-0.1, -0.05) is 6.92 Å². The largest absolute Gasteiger partial charge is 0.341 e. The lowest BCUT2D eigenvalue weighted by Crippen LogP contribution is -2.12. The highest BCUT2D eigenvalue weighted by Crippen LogP contribution is 2.19. The molecule has 1 heterocycles. The van der Waals surface area contributed by atoms with Gasteiger partial charge in [0.05, 0.1) is 18.4 Å². The van der Waals surface area contributed by atoms with Crippen LogP contribution in [0.3, 0.4) is 0 Å². The monoisotopic (exact) mass is 237 g/mol. The van der Waals surface area contributed by atoms with Crippen molar-refractivity contribution in [3.63, 3.8) is 0 Å². The van der Waals surface area contributed by atoms with Gasteiger partial charge in [0.15, 0.2) is 11.6 Å². The molecular weight excluding hydrogens is 224 g/mol. The maximum Gasteiger partial charge on any atom is 0.159 e. The summed E-state index contributed by atoms with van der Waals surface area (Å²) >= 11 is 0. The minimum Gasteiger partial charge on any atom is -0.341 e. The highest BCUT2D eigenvalue weighted by atomic mass is 19.2. The number of halogens is 2. The Morgan fingerprint density at radius 2 is 2.12 bits per heavy atom. The average molecular weight is 237 g/mol. The van der Waals surface area contributed by atoms with Gasteiger partial charge in [0.25, 0.3) is 0 Å². The zero-order valence-electron chi connectivity index (χ0n) is 9.43. The number of hydrogen-bond acceptors (Lipinski definition) is 2. The van der Waals surface area contributed by atoms with Crippen molar-refractivity contribution >= 4 is 0 Å². The molecule has 0 aliphatic rings. The number of imidazole rings is 1. The smallest absolute Gasteiger partial charge is 0.159 e. The lowest BCUT2D eigenvalue weighted by Gasteiger charge is -1.99. The van der Waals surface area contributed by atoms with Gasteiger partial charge in [-0.05, 0) is 24.7 Å². The highest BCUT2D eigenvalue weighted by Gasteiger charge is 2.06. The van der Waals surface area contributed by atoms with Crippen LogP contribution in [0.15, 0.2) is 24.4 Å². The minimum absolute atomic E-state index is 0.583. The average Bonchev–Trinajstić information content (AvgIpc) is 2.79. The van der Waals surface area contributed by atoms with E-state index in [1.54, 1.807) is 6.20 Å². The quantitative estimate of drug-likeness (QED) is 0.857. The second-order valence-corrected chi connectivity index (χ2v) is 3.65. The first kappa shape index (κ1) is 11.7. The van der Waals surface area contributed by atoms with Gasteiger partial charge in [-0.25, -0.2) is 13.8 Å². The molecule has 2 aromatic rings. The van der Waals surface area contributed by atoms with Crippen LogP contribution in [0.1, 0.15) is 12.7 Å². The molecule has 0 spiro atoms. The summed E-state index contributed by atoms with van der Waals surface area (Å²) < 4.78 is 25.8. The molecule has 0 radical (unpaired) electrons. The Bertz CT molecular complexity index is 508. The van der Waals surface area contributed by atoms with Crippen molar-refractivity contribution in [2.75, 3.05) is 6.54 Å². The molecule has 0 saturated heterocycles. The lowest BCUT2D eigenvalue weighted by atomic mass is 10.1. The molecule has 90 valence electrons. The summed E-state index contributed by atoms with van der Waals surface area (Å²) in [6, 6.07) is 3.78. The molecule has 1 aromatic carbocycles. The first-order chi connectivity index (χ1) is 8.20. The van der Waals surface area contributed by atoms with Crippen LogP contribution < -0.4 is 5.32 Å². The van der Waals surface area contributed by atoms with Gasteiger partial charge in [0.2, 0.25) is 0 Å². The van der Waals surface area contributed by atoms with E-state index < -0.39 is 11.6 Å². The summed E-state index contributed by atoms with van der Waals surface area (Å²) in [7, 11) is 0. The van der Waals surface area contributed by atoms with Crippen molar-refractivity contribution in [2.24, 2.45) is 0 Å². The number of hydrogen-bond donors (Lipinski definition) is 2. The molecule has 0 fully saturated rings. The topological polar surface area (TPSA) is 40.7 Å². The molecule has 3 nitrogen and oxygen atoms in total. The van der Waals surface area contributed by atoms with E-state index in [0.717, 1.165) is 24.5 Å². The first-order valence-corrected chi connectivity index (χ1v) is 5.40. The van der Waals surface area contributed by atoms with Gasteiger partial charge in [0.1, 0.15) is 5.82 Å². The summed E-state index contributed by atoms with van der Waals surface area (Å²) in [4.78, 5) is 7.20. The lowest BCUT2D eigenvalue weighted by molar-refractivity contribution is 0.509. The Hall–Kier alpha value is -1.75. The van der Waals surface area contributed by atoms with Crippen LogP contribution in [-0.4, -0.2) is 16.5 Å². The SMILES string of the molecule is CCNCc1ncc(-c2ccc(F)c(F)c2)[nH]1.